The molecule has 0 fully saturated rings. The van der Waals surface area contributed by atoms with E-state index in [2.05, 4.69) is 5.32 Å². The molecular weight excluding hydrogens is 220 g/mol. The van der Waals surface area contributed by atoms with Gasteiger partial charge in [0.15, 0.2) is 0 Å². The SMILES string of the molecule is CC/C(C)=C/NC(=O)N(CCOC)CCOC. The molecule has 0 spiro atoms. The van der Waals surface area contributed by atoms with E-state index in [0.717, 1.165) is 12.0 Å². The van der Waals surface area contributed by atoms with E-state index in [4.69, 9.17) is 9.47 Å². The molecule has 0 saturated heterocycles. The molecule has 0 aliphatic rings. The molecule has 100 valence electrons. The van der Waals surface area contributed by atoms with Gasteiger partial charge in [0.1, 0.15) is 0 Å². The van der Waals surface area contributed by atoms with Gasteiger partial charge in [-0.3, -0.25) is 0 Å². The Labute approximate surface area is 104 Å². The number of ether oxygens (including phenoxy) is 2. The first-order valence-electron chi connectivity index (χ1n) is 5.84. The standard InChI is InChI=1S/C12H24N2O3/c1-5-11(2)10-13-12(15)14(6-8-16-3)7-9-17-4/h10H,5-9H2,1-4H3,(H,13,15)/b11-10+. The zero-order chi connectivity index (χ0) is 13.1. The molecule has 0 aromatic heterocycles. The molecule has 0 aliphatic heterocycles. The highest BCUT2D eigenvalue weighted by Crippen LogP contribution is 1.96. The van der Waals surface area contributed by atoms with Gasteiger partial charge in [-0.1, -0.05) is 12.5 Å². The third kappa shape index (κ3) is 7.76. The van der Waals surface area contributed by atoms with Gasteiger partial charge in [0, 0.05) is 33.5 Å². The fourth-order valence-corrected chi connectivity index (χ4v) is 1.10. The first-order chi connectivity index (χ1) is 8.15. The number of nitrogens with one attached hydrogen (secondary N) is 1. The van der Waals surface area contributed by atoms with Crippen LogP contribution in [0.4, 0.5) is 4.79 Å². The van der Waals surface area contributed by atoms with Crippen molar-refractivity contribution in [1.82, 2.24) is 10.2 Å². The summed E-state index contributed by atoms with van der Waals surface area (Å²) in [5.41, 5.74) is 1.14. The van der Waals surface area contributed by atoms with Crippen molar-refractivity contribution in [1.29, 1.82) is 0 Å². The van der Waals surface area contributed by atoms with Crippen molar-refractivity contribution >= 4 is 6.03 Å². The molecule has 0 aromatic rings. The van der Waals surface area contributed by atoms with Gasteiger partial charge in [-0.15, -0.1) is 0 Å². The molecule has 5 nitrogen and oxygen atoms in total. The van der Waals surface area contributed by atoms with Crippen LogP contribution < -0.4 is 5.32 Å². The maximum absolute atomic E-state index is 11.8. The monoisotopic (exact) mass is 244 g/mol. The van der Waals surface area contributed by atoms with Crippen LogP contribution in [-0.4, -0.2) is 51.5 Å². The zero-order valence-electron chi connectivity index (χ0n) is 11.3. The molecule has 0 saturated carbocycles. The number of allylic oxidation sites excluding steroid dienone is 1. The minimum atomic E-state index is -0.119. The van der Waals surface area contributed by atoms with Gasteiger partial charge < -0.3 is 19.7 Å². The fraction of sp³-hybridized carbons (Fsp3) is 0.750. The summed E-state index contributed by atoms with van der Waals surface area (Å²) in [6.07, 6.45) is 2.67. The molecule has 0 aromatic carbocycles. The number of hydrogen-bond acceptors (Lipinski definition) is 3. The predicted molar refractivity (Wildman–Crippen MR) is 67.9 cm³/mol. The minimum Gasteiger partial charge on any atom is -0.383 e. The van der Waals surface area contributed by atoms with Gasteiger partial charge >= 0.3 is 6.03 Å². The third-order valence-electron chi connectivity index (χ3n) is 2.42. The highest BCUT2D eigenvalue weighted by atomic mass is 16.5. The molecule has 0 heterocycles. The van der Waals surface area contributed by atoms with E-state index in [1.165, 1.54) is 0 Å². The summed E-state index contributed by atoms with van der Waals surface area (Å²) in [4.78, 5) is 13.5. The molecule has 1 N–H and O–H groups in total. The van der Waals surface area contributed by atoms with Crippen LogP contribution in [0.15, 0.2) is 11.8 Å². The lowest BCUT2D eigenvalue weighted by molar-refractivity contribution is 0.123. The second-order valence-corrected chi connectivity index (χ2v) is 3.77. The Kier molecular flexibility index (Phi) is 9.47. The molecular formula is C12H24N2O3. The zero-order valence-corrected chi connectivity index (χ0v) is 11.3. The summed E-state index contributed by atoms with van der Waals surface area (Å²) in [5.74, 6) is 0. The lowest BCUT2D eigenvalue weighted by Gasteiger charge is -2.21. The van der Waals surface area contributed by atoms with Gasteiger partial charge in [0.05, 0.1) is 13.2 Å². The summed E-state index contributed by atoms with van der Waals surface area (Å²) < 4.78 is 9.94. The summed E-state index contributed by atoms with van der Waals surface area (Å²) in [6, 6.07) is -0.119. The average molecular weight is 244 g/mol. The number of carbonyl (C=O) groups is 1. The molecule has 0 unspecified atom stereocenters. The number of methoxy groups -OCH3 is 2. The van der Waals surface area contributed by atoms with Crippen LogP contribution in [-0.2, 0) is 9.47 Å². The number of urea groups is 1. The maximum atomic E-state index is 11.8. The van der Waals surface area contributed by atoms with E-state index in [0.29, 0.717) is 26.3 Å². The summed E-state index contributed by atoms with van der Waals surface area (Å²) in [5, 5.41) is 2.77. The first kappa shape index (κ1) is 15.9. The van der Waals surface area contributed by atoms with Crippen LogP contribution in [0.2, 0.25) is 0 Å². The Morgan fingerprint density at radius 2 is 1.76 bits per heavy atom. The number of carbonyl (C=O) groups excluding carboxylic acids is 1. The lowest BCUT2D eigenvalue weighted by atomic mass is 10.3. The quantitative estimate of drug-likeness (QED) is 0.705. The summed E-state index contributed by atoms with van der Waals surface area (Å²) in [7, 11) is 3.24. The molecule has 0 atom stereocenters. The van der Waals surface area contributed by atoms with E-state index < -0.39 is 0 Å². The van der Waals surface area contributed by atoms with Crippen molar-refractivity contribution < 1.29 is 14.3 Å². The van der Waals surface area contributed by atoms with Crippen LogP contribution in [0.1, 0.15) is 20.3 Å². The van der Waals surface area contributed by atoms with Crippen LogP contribution >= 0.6 is 0 Å². The van der Waals surface area contributed by atoms with Gasteiger partial charge in [-0.05, 0) is 13.3 Å². The second-order valence-electron chi connectivity index (χ2n) is 3.77. The topological polar surface area (TPSA) is 50.8 Å². The molecule has 2 amide bonds. The van der Waals surface area contributed by atoms with Gasteiger partial charge in [0.2, 0.25) is 0 Å². The lowest BCUT2D eigenvalue weighted by Crippen LogP contribution is -2.41. The molecule has 17 heavy (non-hydrogen) atoms. The molecule has 0 rings (SSSR count). The molecule has 0 radical (unpaired) electrons. The van der Waals surface area contributed by atoms with Crippen molar-refractivity contribution in [3.05, 3.63) is 11.8 Å². The van der Waals surface area contributed by atoms with E-state index in [1.807, 2.05) is 13.8 Å². The van der Waals surface area contributed by atoms with E-state index >= 15 is 0 Å². The number of rotatable bonds is 8. The Morgan fingerprint density at radius 3 is 2.18 bits per heavy atom. The summed E-state index contributed by atoms with van der Waals surface area (Å²) >= 11 is 0. The van der Waals surface area contributed by atoms with Gasteiger partial charge in [-0.25, -0.2) is 4.79 Å². The smallest absolute Gasteiger partial charge is 0.321 e. The largest absolute Gasteiger partial charge is 0.383 e. The molecule has 0 bridgehead atoms. The number of nitrogens with zero attached hydrogens (tertiary/aromatic N) is 1. The highest BCUT2D eigenvalue weighted by Gasteiger charge is 2.11. The number of hydrogen-bond donors (Lipinski definition) is 1. The average Bonchev–Trinajstić information content (AvgIpc) is 2.35. The highest BCUT2D eigenvalue weighted by molar-refractivity contribution is 5.75. The van der Waals surface area contributed by atoms with Crippen LogP contribution in [0.3, 0.4) is 0 Å². The van der Waals surface area contributed by atoms with Crippen LogP contribution in [0.5, 0.6) is 0 Å². The van der Waals surface area contributed by atoms with Gasteiger partial charge in [-0.2, -0.15) is 0 Å². The Morgan fingerprint density at radius 1 is 1.24 bits per heavy atom. The van der Waals surface area contributed by atoms with Crippen LogP contribution in [0.25, 0.3) is 0 Å². The molecule has 0 aliphatic carbocycles. The van der Waals surface area contributed by atoms with Crippen molar-refractivity contribution in [2.75, 3.05) is 40.5 Å². The summed E-state index contributed by atoms with van der Waals surface area (Å²) in [6.45, 7) is 6.19. The van der Waals surface area contributed by atoms with E-state index in [9.17, 15) is 4.79 Å². The second kappa shape index (κ2) is 10.1. The maximum Gasteiger partial charge on any atom is 0.321 e. The van der Waals surface area contributed by atoms with Crippen molar-refractivity contribution in [3.63, 3.8) is 0 Å². The van der Waals surface area contributed by atoms with Crippen molar-refractivity contribution in [2.24, 2.45) is 0 Å². The minimum absolute atomic E-state index is 0.119. The van der Waals surface area contributed by atoms with E-state index in [-0.39, 0.29) is 6.03 Å². The predicted octanol–water partition coefficient (Wildman–Crippen LogP) is 1.60. The third-order valence-corrected chi connectivity index (χ3v) is 2.42. The Balaban J connectivity index is 4.20. The first-order valence-corrected chi connectivity index (χ1v) is 5.84. The van der Waals surface area contributed by atoms with E-state index in [1.54, 1.807) is 25.3 Å². The Hall–Kier alpha value is -1.07. The van der Waals surface area contributed by atoms with Crippen LogP contribution in [0, 0.1) is 0 Å². The number of amides is 2. The Bertz CT molecular complexity index is 234. The van der Waals surface area contributed by atoms with Gasteiger partial charge in [0.25, 0.3) is 0 Å². The van der Waals surface area contributed by atoms with Crippen molar-refractivity contribution in [3.8, 4) is 0 Å². The fourth-order valence-electron chi connectivity index (χ4n) is 1.10. The normalized spacial score (nSPS) is 11.4. The van der Waals surface area contributed by atoms with Crippen molar-refractivity contribution in [2.45, 2.75) is 20.3 Å². The molecule has 5 heteroatoms.